The molecule has 8 nitrogen and oxygen atoms in total. The highest BCUT2D eigenvalue weighted by molar-refractivity contribution is 7.99. The molecule has 18 heavy (non-hydrogen) atoms. The zero-order chi connectivity index (χ0) is 14.0. The summed E-state index contributed by atoms with van der Waals surface area (Å²) >= 11 is 1.36. The number of nitrogens with two attached hydrogens (primary N) is 1. The topological polar surface area (TPSA) is 115 Å². The maximum atomic E-state index is 11.4. The van der Waals surface area contributed by atoms with Gasteiger partial charge in [-0.15, -0.1) is 11.8 Å². The number of hydrogen-bond acceptors (Lipinski definition) is 9. The van der Waals surface area contributed by atoms with Crippen LogP contribution in [0.5, 0.6) is 0 Å². The van der Waals surface area contributed by atoms with Gasteiger partial charge in [-0.3, -0.25) is 16.1 Å². The molecule has 0 aromatic carbocycles. The van der Waals surface area contributed by atoms with Crippen LogP contribution in [0.25, 0.3) is 0 Å². The Balaban J connectivity index is 4.52. The maximum Gasteiger partial charge on any atom is 0.354 e. The average molecular weight is 278 g/mol. The van der Waals surface area contributed by atoms with Gasteiger partial charge in [-0.2, -0.15) is 5.10 Å². The summed E-state index contributed by atoms with van der Waals surface area (Å²) in [5, 5.41) is 3.86. The molecule has 104 valence electrons. The van der Waals surface area contributed by atoms with Gasteiger partial charge in [0.15, 0.2) is 5.50 Å². The van der Waals surface area contributed by atoms with Crippen molar-refractivity contribution in [2.24, 2.45) is 10.9 Å². The monoisotopic (exact) mass is 278 g/mol. The van der Waals surface area contributed by atoms with Crippen LogP contribution in [0.15, 0.2) is 5.10 Å². The number of methoxy groups -OCH3 is 2. The molecule has 0 bridgehead atoms. The van der Waals surface area contributed by atoms with Crippen molar-refractivity contribution in [3.05, 3.63) is 0 Å². The second-order valence-electron chi connectivity index (χ2n) is 3.04. The lowest BCUT2D eigenvalue weighted by molar-refractivity contribution is -0.140. The lowest BCUT2D eigenvalue weighted by atomic mass is 10.2. The highest BCUT2D eigenvalue weighted by Gasteiger charge is 2.15. The summed E-state index contributed by atoms with van der Waals surface area (Å²) in [4.78, 5) is 22.4. The summed E-state index contributed by atoms with van der Waals surface area (Å²) in [6, 6.07) is 0. The molecule has 0 fully saturated rings. The molecular formula is C9H18N4O4S. The van der Waals surface area contributed by atoms with Crippen molar-refractivity contribution >= 4 is 29.4 Å². The summed E-state index contributed by atoms with van der Waals surface area (Å²) in [6.45, 7) is 0. The van der Waals surface area contributed by atoms with E-state index < -0.39 is 11.9 Å². The van der Waals surface area contributed by atoms with Crippen LogP contribution in [0, 0.1) is 0 Å². The standard InChI is InChI=1S/C9H18N4O4S/c1-16-7(14)5-4-6(8(15)17-2)12-13-9(11-10)18-3/h9,11,13H,4-5,10H2,1-3H3/b12-6-. The third-order valence-electron chi connectivity index (χ3n) is 1.92. The van der Waals surface area contributed by atoms with E-state index in [0.29, 0.717) is 0 Å². The smallest absolute Gasteiger partial charge is 0.354 e. The van der Waals surface area contributed by atoms with Crippen LogP contribution in [-0.4, -0.2) is 43.6 Å². The van der Waals surface area contributed by atoms with Gasteiger partial charge in [0.1, 0.15) is 5.71 Å². The minimum Gasteiger partial charge on any atom is -0.469 e. The van der Waals surface area contributed by atoms with Crippen molar-refractivity contribution < 1.29 is 19.1 Å². The molecule has 0 rings (SSSR count). The number of ether oxygens (including phenoxy) is 2. The minimum atomic E-state index is -0.608. The second-order valence-corrected chi connectivity index (χ2v) is 3.98. The maximum absolute atomic E-state index is 11.4. The van der Waals surface area contributed by atoms with Crippen LogP contribution >= 0.6 is 11.8 Å². The van der Waals surface area contributed by atoms with E-state index in [1.165, 1.54) is 26.0 Å². The molecule has 0 aliphatic carbocycles. The number of nitrogens with zero attached hydrogens (tertiary/aromatic N) is 1. The molecule has 0 saturated heterocycles. The molecule has 4 N–H and O–H groups in total. The summed E-state index contributed by atoms with van der Waals surface area (Å²) in [5.74, 6) is 4.19. The molecule has 1 unspecified atom stereocenters. The van der Waals surface area contributed by atoms with Gasteiger partial charge in [0.2, 0.25) is 0 Å². The summed E-state index contributed by atoms with van der Waals surface area (Å²) in [5.41, 5.74) is 4.83. The highest BCUT2D eigenvalue weighted by Crippen LogP contribution is 2.00. The third-order valence-corrected chi connectivity index (χ3v) is 2.63. The van der Waals surface area contributed by atoms with Crippen molar-refractivity contribution in [3.63, 3.8) is 0 Å². The number of carbonyl (C=O) groups is 2. The first kappa shape index (κ1) is 16.7. The molecule has 0 aliphatic rings. The largest absolute Gasteiger partial charge is 0.469 e. The Kier molecular flexibility index (Phi) is 8.97. The van der Waals surface area contributed by atoms with E-state index in [4.69, 9.17) is 5.84 Å². The number of nitrogens with one attached hydrogen (secondary N) is 2. The van der Waals surface area contributed by atoms with Gasteiger partial charge in [0.25, 0.3) is 0 Å². The summed E-state index contributed by atoms with van der Waals surface area (Å²) in [6.07, 6.45) is 1.98. The van der Waals surface area contributed by atoms with Crippen LogP contribution in [0.4, 0.5) is 0 Å². The Morgan fingerprint density at radius 2 is 2.00 bits per heavy atom. The average Bonchev–Trinajstić information content (AvgIpc) is 2.41. The van der Waals surface area contributed by atoms with Crippen molar-refractivity contribution in [1.82, 2.24) is 10.9 Å². The Bertz CT molecular complexity index is 307. The first-order valence-corrected chi connectivity index (χ1v) is 6.34. The first-order chi connectivity index (χ1) is 8.58. The highest BCUT2D eigenvalue weighted by atomic mass is 32.2. The number of rotatable bonds is 8. The fourth-order valence-electron chi connectivity index (χ4n) is 0.939. The van der Waals surface area contributed by atoms with E-state index in [0.717, 1.165) is 0 Å². The third kappa shape index (κ3) is 6.42. The molecule has 0 heterocycles. The van der Waals surface area contributed by atoms with Gasteiger partial charge in [-0.1, -0.05) is 0 Å². The number of carbonyl (C=O) groups excluding carboxylic acids is 2. The van der Waals surface area contributed by atoms with E-state index in [-0.39, 0.29) is 24.1 Å². The Morgan fingerprint density at radius 1 is 1.33 bits per heavy atom. The van der Waals surface area contributed by atoms with Gasteiger partial charge < -0.3 is 9.47 Å². The summed E-state index contributed by atoms with van der Waals surface area (Å²) < 4.78 is 9.04. The number of esters is 2. The van der Waals surface area contributed by atoms with E-state index >= 15 is 0 Å². The molecule has 0 spiro atoms. The van der Waals surface area contributed by atoms with Crippen molar-refractivity contribution in [2.75, 3.05) is 20.5 Å². The number of hydrogen-bond donors (Lipinski definition) is 3. The SMILES string of the molecule is COC(=O)CC/C(=N/NC(NN)SC)C(=O)OC. The van der Waals surface area contributed by atoms with Gasteiger partial charge in [-0.25, -0.2) is 10.2 Å². The predicted octanol–water partition coefficient (Wildman–Crippen LogP) is -0.832. The molecule has 0 aromatic heterocycles. The molecule has 0 aromatic rings. The summed E-state index contributed by atoms with van der Waals surface area (Å²) in [7, 11) is 2.51. The van der Waals surface area contributed by atoms with Crippen LogP contribution in [0.3, 0.4) is 0 Å². The van der Waals surface area contributed by atoms with Gasteiger partial charge in [0.05, 0.1) is 20.6 Å². The zero-order valence-corrected chi connectivity index (χ0v) is 11.4. The molecule has 0 saturated carbocycles. The molecule has 9 heteroatoms. The normalized spacial score (nSPS) is 12.8. The Labute approximate surface area is 110 Å². The number of thioether (sulfide) groups is 1. The quantitative estimate of drug-likeness (QED) is 0.173. The van der Waals surface area contributed by atoms with Crippen LogP contribution in [0.2, 0.25) is 0 Å². The Hall–Kier alpha value is -1.32. The van der Waals surface area contributed by atoms with E-state index in [1.807, 2.05) is 0 Å². The lowest BCUT2D eigenvalue weighted by Gasteiger charge is -2.13. The van der Waals surface area contributed by atoms with Crippen LogP contribution < -0.4 is 16.7 Å². The van der Waals surface area contributed by atoms with Gasteiger partial charge in [-0.05, 0) is 6.26 Å². The molecule has 1 atom stereocenters. The van der Waals surface area contributed by atoms with Gasteiger partial charge >= 0.3 is 11.9 Å². The number of hydrazine groups is 1. The molecule has 0 amide bonds. The first-order valence-electron chi connectivity index (χ1n) is 5.05. The van der Waals surface area contributed by atoms with Crippen LogP contribution in [0.1, 0.15) is 12.8 Å². The predicted molar refractivity (Wildman–Crippen MR) is 68.5 cm³/mol. The fraction of sp³-hybridized carbons (Fsp3) is 0.667. The van der Waals surface area contributed by atoms with Crippen molar-refractivity contribution in [2.45, 2.75) is 18.3 Å². The van der Waals surface area contributed by atoms with E-state index in [9.17, 15) is 9.59 Å². The second kappa shape index (κ2) is 9.68. The Morgan fingerprint density at radius 3 is 2.44 bits per heavy atom. The van der Waals surface area contributed by atoms with Gasteiger partial charge in [0, 0.05) is 6.42 Å². The fourth-order valence-corrected chi connectivity index (χ4v) is 1.23. The molecule has 0 aliphatic heterocycles. The van der Waals surface area contributed by atoms with Crippen LogP contribution in [-0.2, 0) is 19.1 Å². The van der Waals surface area contributed by atoms with Crippen molar-refractivity contribution in [1.29, 1.82) is 0 Å². The molecule has 0 radical (unpaired) electrons. The van der Waals surface area contributed by atoms with E-state index in [1.54, 1.807) is 6.26 Å². The molecular weight excluding hydrogens is 260 g/mol. The zero-order valence-electron chi connectivity index (χ0n) is 10.6. The van der Waals surface area contributed by atoms with Crippen molar-refractivity contribution in [3.8, 4) is 0 Å². The van der Waals surface area contributed by atoms with E-state index in [2.05, 4.69) is 25.4 Å². The lowest BCUT2D eigenvalue weighted by Crippen LogP contribution is -2.42. The minimum absolute atomic E-state index is 0.0477. The number of hydrazone groups is 1.